The molecule has 2 N–H and O–H groups in total. The highest BCUT2D eigenvalue weighted by Gasteiger charge is 2.41. The molecular formula is C32H35NO7. The van der Waals surface area contributed by atoms with Gasteiger partial charge in [-0.1, -0.05) is 66.7 Å². The van der Waals surface area contributed by atoms with Gasteiger partial charge in [-0.05, 0) is 48.4 Å². The molecule has 0 bridgehead atoms. The van der Waals surface area contributed by atoms with Gasteiger partial charge in [0.05, 0.1) is 19.3 Å². The lowest BCUT2D eigenvalue weighted by Gasteiger charge is -2.38. The van der Waals surface area contributed by atoms with Crippen LogP contribution in [0.25, 0.3) is 0 Å². The van der Waals surface area contributed by atoms with E-state index in [1.165, 1.54) is 4.90 Å². The number of carboxylic acids is 1. The van der Waals surface area contributed by atoms with Gasteiger partial charge in [0.15, 0.2) is 17.6 Å². The fourth-order valence-corrected chi connectivity index (χ4v) is 5.55. The summed E-state index contributed by atoms with van der Waals surface area (Å²) < 4.78 is 18.1. The third-order valence-corrected chi connectivity index (χ3v) is 7.75. The van der Waals surface area contributed by atoms with Gasteiger partial charge in [0.2, 0.25) is 0 Å². The summed E-state index contributed by atoms with van der Waals surface area (Å²) in [6, 6.07) is 21.5. The van der Waals surface area contributed by atoms with E-state index in [1.807, 2.05) is 66.7 Å². The molecule has 3 aromatic carbocycles. The highest BCUT2D eigenvalue weighted by atomic mass is 16.5. The normalized spacial score (nSPS) is 21.2. The van der Waals surface area contributed by atoms with Crippen molar-refractivity contribution in [3.63, 3.8) is 0 Å². The first-order valence-electron chi connectivity index (χ1n) is 13.7. The average molecular weight is 546 g/mol. The monoisotopic (exact) mass is 545 g/mol. The first kappa shape index (κ1) is 27.7. The SMILES string of the molecule is COc1ccc2c(c1OCc1ccccc1)C[C@@H](C(=O)O)N(C(=O)C(OC1CCC(O)CC1)c1ccccc1)C2. The molecule has 1 amide bonds. The second kappa shape index (κ2) is 12.5. The Hall–Kier alpha value is -3.88. The van der Waals surface area contributed by atoms with Gasteiger partial charge in [-0.15, -0.1) is 0 Å². The Kier molecular flexibility index (Phi) is 8.67. The van der Waals surface area contributed by atoms with Crippen molar-refractivity contribution in [1.82, 2.24) is 4.90 Å². The predicted molar refractivity (Wildman–Crippen MR) is 148 cm³/mol. The zero-order chi connectivity index (χ0) is 28.1. The van der Waals surface area contributed by atoms with Crippen LogP contribution in [0.5, 0.6) is 11.5 Å². The number of hydrogen-bond donors (Lipinski definition) is 2. The van der Waals surface area contributed by atoms with Crippen LogP contribution in [0.1, 0.15) is 54.0 Å². The number of benzene rings is 3. The molecule has 0 radical (unpaired) electrons. The average Bonchev–Trinajstić information content (AvgIpc) is 2.99. The van der Waals surface area contributed by atoms with E-state index >= 15 is 0 Å². The van der Waals surface area contributed by atoms with E-state index in [-0.39, 0.29) is 25.2 Å². The fourth-order valence-electron chi connectivity index (χ4n) is 5.55. The summed E-state index contributed by atoms with van der Waals surface area (Å²) in [5.41, 5.74) is 3.19. The van der Waals surface area contributed by atoms with E-state index in [4.69, 9.17) is 14.2 Å². The van der Waals surface area contributed by atoms with E-state index in [0.717, 1.165) is 16.7 Å². The second-order valence-corrected chi connectivity index (χ2v) is 10.4. The Morgan fingerprint density at radius 2 is 1.62 bits per heavy atom. The molecule has 5 rings (SSSR count). The summed E-state index contributed by atoms with van der Waals surface area (Å²) in [5.74, 6) is -0.469. The van der Waals surface area contributed by atoms with Crippen LogP contribution in [0.4, 0.5) is 0 Å². The van der Waals surface area contributed by atoms with E-state index in [9.17, 15) is 19.8 Å². The van der Waals surface area contributed by atoms with Crippen molar-refractivity contribution >= 4 is 11.9 Å². The van der Waals surface area contributed by atoms with Gasteiger partial charge in [-0.25, -0.2) is 4.79 Å². The van der Waals surface area contributed by atoms with Gasteiger partial charge in [-0.3, -0.25) is 4.79 Å². The number of ether oxygens (including phenoxy) is 3. The van der Waals surface area contributed by atoms with Gasteiger partial charge in [0.25, 0.3) is 5.91 Å². The quantitative estimate of drug-likeness (QED) is 0.402. The zero-order valence-electron chi connectivity index (χ0n) is 22.6. The van der Waals surface area contributed by atoms with E-state index in [2.05, 4.69) is 0 Å². The lowest BCUT2D eigenvalue weighted by atomic mass is 9.91. The lowest BCUT2D eigenvalue weighted by molar-refractivity contribution is -0.161. The molecule has 8 heteroatoms. The molecule has 3 aromatic rings. The third kappa shape index (κ3) is 6.13. The molecule has 0 spiro atoms. The number of methoxy groups -OCH3 is 1. The highest BCUT2D eigenvalue weighted by Crippen LogP contribution is 2.40. The second-order valence-electron chi connectivity index (χ2n) is 10.4. The Bertz CT molecular complexity index is 1310. The van der Waals surface area contributed by atoms with Crippen LogP contribution in [0.2, 0.25) is 0 Å². The number of carbonyl (C=O) groups excluding carboxylic acids is 1. The molecule has 40 heavy (non-hydrogen) atoms. The summed E-state index contributed by atoms with van der Waals surface area (Å²) in [6.07, 6.45) is 1.10. The van der Waals surface area contributed by atoms with Crippen molar-refractivity contribution in [2.75, 3.05) is 7.11 Å². The summed E-state index contributed by atoms with van der Waals surface area (Å²) >= 11 is 0. The molecule has 0 saturated heterocycles. The van der Waals surface area contributed by atoms with E-state index in [1.54, 1.807) is 13.2 Å². The number of hydrogen-bond acceptors (Lipinski definition) is 6. The van der Waals surface area contributed by atoms with Crippen molar-refractivity contribution in [2.24, 2.45) is 0 Å². The maximum Gasteiger partial charge on any atom is 0.326 e. The van der Waals surface area contributed by atoms with Crippen molar-refractivity contribution < 1.29 is 34.0 Å². The first-order chi connectivity index (χ1) is 19.4. The molecule has 8 nitrogen and oxygen atoms in total. The van der Waals surface area contributed by atoms with Crippen LogP contribution in [0.15, 0.2) is 72.8 Å². The first-order valence-corrected chi connectivity index (χ1v) is 13.7. The van der Waals surface area contributed by atoms with Gasteiger partial charge in [-0.2, -0.15) is 0 Å². The molecule has 0 aromatic heterocycles. The minimum atomic E-state index is -1.10. The van der Waals surface area contributed by atoms with Crippen LogP contribution >= 0.6 is 0 Å². The molecule has 2 aliphatic rings. The molecule has 1 unspecified atom stereocenters. The number of carbonyl (C=O) groups is 2. The van der Waals surface area contributed by atoms with Crippen LogP contribution in [-0.4, -0.2) is 52.3 Å². The third-order valence-electron chi connectivity index (χ3n) is 7.75. The smallest absolute Gasteiger partial charge is 0.326 e. The van der Waals surface area contributed by atoms with E-state index < -0.39 is 24.0 Å². The summed E-state index contributed by atoms with van der Waals surface area (Å²) in [4.78, 5) is 28.1. The van der Waals surface area contributed by atoms with Crippen molar-refractivity contribution in [3.8, 4) is 11.5 Å². The van der Waals surface area contributed by atoms with Crippen LogP contribution in [0.3, 0.4) is 0 Å². The topological polar surface area (TPSA) is 106 Å². The van der Waals surface area contributed by atoms with Gasteiger partial charge in [0, 0.05) is 18.5 Å². The molecule has 1 fully saturated rings. The summed E-state index contributed by atoms with van der Waals surface area (Å²) in [7, 11) is 1.55. The molecule has 1 saturated carbocycles. The number of carboxylic acid groups (broad SMARTS) is 1. The Morgan fingerprint density at radius 3 is 2.27 bits per heavy atom. The van der Waals surface area contributed by atoms with E-state index in [0.29, 0.717) is 49.4 Å². The number of amides is 1. The highest BCUT2D eigenvalue weighted by molar-refractivity contribution is 5.88. The molecule has 1 aliphatic carbocycles. The number of aliphatic hydroxyl groups excluding tert-OH is 1. The number of rotatable bonds is 9. The number of fused-ring (bicyclic) bond motifs is 1. The fraction of sp³-hybridized carbons (Fsp3) is 0.375. The van der Waals surface area contributed by atoms with Gasteiger partial charge in [0.1, 0.15) is 12.6 Å². The molecule has 2 atom stereocenters. The lowest BCUT2D eigenvalue weighted by Crippen LogP contribution is -2.51. The largest absolute Gasteiger partial charge is 0.493 e. The Labute approximate surface area is 234 Å². The summed E-state index contributed by atoms with van der Waals surface area (Å²) in [6.45, 7) is 0.404. The predicted octanol–water partition coefficient (Wildman–Crippen LogP) is 4.67. The van der Waals surface area contributed by atoms with Crippen molar-refractivity contribution in [2.45, 2.75) is 69.6 Å². The van der Waals surface area contributed by atoms with Crippen LogP contribution in [-0.2, 0) is 33.9 Å². The number of aliphatic hydroxyl groups is 1. The van der Waals surface area contributed by atoms with Crippen molar-refractivity contribution in [1.29, 1.82) is 0 Å². The van der Waals surface area contributed by atoms with Crippen LogP contribution < -0.4 is 9.47 Å². The standard InChI is InChI=1S/C32H35NO7/c1-38-28-17-12-23-19-33(27(32(36)37)18-26(23)30(28)39-20-21-8-4-2-5-9-21)31(35)29(22-10-6-3-7-11-22)40-25-15-13-24(34)14-16-25/h2-12,17,24-25,27,29,34H,13-16,18-20H2,1H3,(H,36,37)/t24?,25?,27-,29?/m0/s1. The minimum absolute atomic E-state index is 0.0782. The maximum absolute atomic E-state index is 14.1. The van der Waals surface area contributed by atoms with Crippen LogP contribution in [0, 0.1) is 0 Å². The molecule has 210 valence electrons. The zero-order valence-corrected chi connectivity index (χ0v) is 22.6. The number of nitrogens with zero attached hydrogens (tertiary/aromatic N) is 1. The van der Waals surface area contributed by atoms with Crippen molar-refractivity contribution in [3.05, 3.63) is 95.1 Å². The molecule has 1 heterocycles. The van der Waals surface area contributed by atoms with Gasteiger partial charge < -0.3 is 29.3 Å². The Balaban J connectivity index is 1.44. The summed E-state index contributed by atoms with van der Waals surface area (Å²) in [5, 5.41) is 20.2. The maximum atomic E-state index is 14.1. The Morgan fingerprint density at radius 1 is 0.950 bits per heavy atom. The molecular weight excluding hydrogens is 510 g/mol. The molecule has 1 aliphatic heterocycles. The van der Waals surface area contributed by atoms with Gasteiger partial charge >= 0.3 is 5.97 Å². The minimum Gasteiger partial charge on any atom is -0.493 e. The number of aliphatic carboxylic acids is 1.